The Balaban J connectivity index is -0.000000217. The van der Waals surface area contributed by atoms with Crippen LogP contribution in [0.25, 0.3) is 0 Å². The number of hydrogen-bond donors (Lipinski definition) is 0. The first-order chi connectivity index (χ1) is 15.2. The summed E-state index contributed by atoms with van der Waals surface area (Å²) in [6.45, 7) is 23.4. The van der Waals surface area contributed by atoms with Crippen molar-refractivity contribution in [2.24, 2.45) is 5.92 Å². The van der Waals surface area contributed by atoms with Gasteiger partial charge in [-0.05, 0) is 18.8 Å². The predicted octanol–water partition coefficient (Wildman–Crippen LogP) is 11.2. The van der Waals surface area contributed by atoms with E-state index in [-0.39, 0.29) is 5.97 Å². The molecule has 0 bridgehead atoms. The van der Waals surface area contributed by atoms with Crippen LogP contribution in [0.1, 0.15) is 172 Å². The van der Waals surface area contributed by atoms with E-state index >= 15 is 0 Å². The van der Waals surface area contributed by atoms with E-state index in [1.54, 1.807) is 0 Å². The summed E-state index contributed by atoms with van der Waals surface area (Å²) in [6, 6.07) is 0. The van der Waals surface area contributed by atoms with Gasteiger partial charge in [-0.1, -0.05) is 153 Å². The molecule has 0 amide bonds. The molecule has 0 radical (unpaired) electrons. The number of rotatable bonds is 16. The highest BCUT2D eigenvalue weighted by atomic mass is 16.5. The van der Waals surface area contributed by atoms with Gasteiger partial charge in [-0.25, -0.2) is 0 Å². The van der Waals surface area contributed by atoms with Crippen molar-refractivity contribution in [1.29, 1.82) is 0 Å². The lowest BCUT2D eigenvalue weighted by atomic mass is 9.90. The predicted molar refractivity (Wildman–Crippen MR) is 146 cm³/mol. The largest absolute Gasteiger partial charge is 0.466 e. The van der Waals surface area contributed by atoms with Gasteiger partial charge in [-0.2, -0.15) is 0 Å². The van der Waals surface area contributed by atoms with Crippen molar-refractivity contribution in [2.45, 2.75) is 172 Å². The fraction of sp³-hybridized carbons (Fsp3) is 0.966. The highest BCUT2D eigenvalue weighted by Crippen LogP contribution is 2.23. The van der Waals surface area contributed by atoms with Crippen molar-refractivity contribution in [3.8, 4) is 0 Å². The normalized spacial score (nSPS) is 9.90. The third-order valence-corrected chi connectivity index (χ3v) is 4.41. The van der Waals surface area contributed by atoms with Crippen LogP contribution >= 0.6 is 0 Å². The van der Waals surface area contributed by atoms with Gasteiger partial charge < -0.3 is 4.74 Å². The fourth-order valence-electron chi connectivity index (χ4n) is 2.94. The third-order valence-electron chi connectivity index (χ3n) is 4.41. The molecule has 0 aromatic carbocycles. The van der Waals surface area contributed by atoms with Crippen LogP contribution < -0.4 is 0 Å². The Bertz CT molecular complexity index is 251. The first-order valence-electron chi connectivity index (χ1n) is 14.3. The van der Waals surface area contributed by atoms with Gasteiger partial charge in [-0.3, -0.25) is 4.79 Å². The summed E-state index contributed by atoms with van der Waals surface area (Å²) in [4.78, 5) is 11.7. The van der Waals surface area contributed by atoms with Crippen LogP contribution in [0.15, 0.2) is 0 Å². The number of unbranched alkanes of at least 4 members (excludes halogenated alkanes) is 7. The van der Waals surface area contributed by atoms with Gasteiger partial charge >= 0.3 is 5.97 Å². The molecule has 1 atom stereocenters. The lowest BCUT2D eigenvalue weighted by Gasteiger charge is -2.16. The maximum Gasteiger partial charge on any atom is 0.305 e. The molecule has 2 heteroatoms. The molecule has 0 saturated carbocycles. The standard InChI is InChI=1S/C20H40O2.C3H8.3C2H6/c1-4-7-9-11-13-15-19(14-12-10-8-5-2)16-17-20(21)22-18-6-3;1-3-2;3*1-2/h19H,4-18H2,1-3H3;3H2,1-2H3;3*1-2H3. The number of carbonyl (C=O) groups is 1. The average Bonchev–Trinajstić information content (AvgIpc) is 2.82. The summed E-state index contributed by atoms with van der Waals surface area (Å²) in [6.07, 6.45) is 18.5. The second-order valence-corrected chi connectivity index (χ2v) is 7.38. The Morgan fingerprint density at radius 2 is 0.968 bits per heavy atom. The summed E-state index contributed by atoms with van der Waals surface area (Å²) in [5.74, 6) is 0.735. The van der Waals surface area contributed by atoms with Gasteiger partial charge in [0, 0.05) is 6.42 Å². The Labute approximate surface area is 200 Å². The smallest absolute Gasteiger partial charge is 0.305 e. The van der Waals surface area contributed by atoms with E-state index in [1.165, 1.54) is 77.0 Å². The SMILES string of the molecule is CC.CC.CC.CCC.CCCCCCCC(CCCCCC)CCC(=O)OCCC. The lowest BCUT2D eigenvalue weighted by molar-refractivity contribution is -0.144. The van der Waals surface area contributed by atoms with Crippen LogP contribution in [0.4, 0.5) is 0 Å². The second-order valence-electron chi connectivity index (χ2n) is 7.38. The fourth-order valence-corrected chi connectivity index (χ4v) is 2.94. The van der Waals surface area contributed by atoms with Gasteiger partial charge in [0.05, 0.1) is 6.61 Å². The minimum atomic E-state index is 0.00592. The highest BCUT2D eigenvalue weighted by Gasteiger charge is 2.12. The number of ether oxygens (including phenoxy) is 1. The molecule has 1 unspecified atom stereocenters. The molecule has 0 aliphatic carbocycles. The Kier molecular flexibility index (Phi) is 62.3. The van der Waals surface area contributed by atoms with E-state index in [0.29, 0.717) is 13.0 Å². The van der Waals surface area contributed by atoms with Gasteiger partial charge in [0.2, 0.25) is 0 Å². The maximum atomic E-state index is 11.7. The average molecular weight is 447 g/mol. The van der Waals surface area contributed by atoms with Crippen LogP contribution in [0.5, 0.6) is 0 Å². The number of esters is 1. The molecular weight excluding hydrogens is 380 g/mol. The summed E-state index contributed by atoms with van der Waals surface area (Å²) in [7, 11) is 0. The zero-order valence-electron chi connectivity index (χ0n) is 24.2. The molecule has 0 heterocycles. The topological polar surface area (TPSA) is 26.3 Å². The number of carbonyl (C=O) groups excluding carboxylic acids is 1. The van der Waals surface area contributed by atoms with Gasteiger partial charge in [-0.15, -0.1) is 0 Å². The molecular formula is C29H66O2. The van der Waals surface area contributed by atoms with Crippen molar-refractivity contribution < 1.29 is 9.53 Å². The summed E-state index contributed by atoms with van der Waals surface area (Å²) >= 11 is 0. The van der Waals surface area contributed by atoms with Crippen molar-refractivity contribution in [3.05, 3.63) is 0 Å². The van der Waals surface area contributed by atoms with Gasteiger partial charge in [0.25, 0.3) is 0 Å². The third kappa shape index (κ3) is 48.2. The Morgan fingerprint density at radius 3 is 1.35 bits per heavy atom. The van der Waals surface area contributed by atoms with E-state index in [2.05, 4.69) is 27.7 Å². The molecule has 31 heavy (non-hydrogen) atoms. The van der Waals surface area contributed by atoms with E-state index in [9.17, 15) is 4.79 Å². The van der Waals surface area contributed by atoms with Crippen molar-refractivity contribution in [3.63, 3.8) is 0 Å². The Hall–Kier alpha value is -0.530. The molecule has 2 nitrogen and oxygen atoms in total. The van der Waals surface area contributed by atoms with Crippen molar-refractivity contribution in [1.82, 2.24) is 0 Å². The molecule has 0 fully saturated rings. The molecule has 0 aromatic heterocycles. The van der Waals surface area contributed by atoms with Gasteiger partial charge in [0.1, 0.15) is 0 Å². The van der Waals surface area contributed by atoms with Crippen LogP contribution in [-0.2, 0) is 9.53 Å². The quantitative estimate of drug-likeness (QED) is 0.174. The van der Waals surface area contributed by atoms with Crippen LogP contribution in [0, 0.1) is 5.92 Å². The van der Waals surface area contributed by atoms with E-state index in [0.717, 1.165) is 18.8 Å². The van der Waals surface area contributed by atoms with Crippen molar-refractivity contribution >= 4 is 5.97 Å². The maximum absolute atomic E-state index is 11.7. The van der Waals surface area contributed by atoms with E-state index in [1.807, 2.05) is 48.5 Å². The van der Waals surface area contributed by atoms with Crippen LogP contribution in [0.2, 0.25) is 0 Å². The minimum Gasteiger partial charge on any atom is -0.466 e. The summed E-state index contributed by atoms with van der Waals surface area (Å²) in [5.41, 5.74) is 0. The summed E-state index contributed by atoms with van der Waals surface area (Å²) in [5, 5.41) is 0. The molecule has 0 aromatic rings. The van der Waals surface area contributed by atoms with Crippen LogP contribution in [0.3, 0.4) is 0 Å². The molecule has 0 saturated heterocycles. The molecule has 0 aliphatic rings. The molecule has 0 aliphatic heterocycles. The minimum absolute atomic E-state index is 0.00592. The van der Waals surface area contributed by atoms with Crippen LogP contribution in [-0.4, -0.2) is 12.6 Å². The first-order valence-corrected chi connectivity index (χ1v) is 14.3. The molecule has 0 N–H and O–H groups in total. The van der Waals surface area contributed by atoms with Crippen molar-refractivity contribution in [2.75, 3.05) is 6.61 Å². The van der Waals surface area contributed by atoms with E-state index < -0.39 is 0 Å². The zero-order chi connectivity index (χ0) is 25.2. The highest BCUT2D eigenvalue weighted by molar-refractivity contribution is 5.69. The number of hydrogen-bond acceptors (Lipinski definition) is 2. The molecule has 0 rings (SSSR count). The second kappa shape index (κ2) is 47.3. The molecule has 194 valence electrons. The Morgan fingerprint density at radius 1 is 0.581 bits per heavy atom. The zero-order valence-corrected chi connectivity index (χ0v) is 24.2. The molecule has 0 spiro atoms. The lowest BCUT2D eigenvalue weighted by Crippen LogP contribution is -2.09. The van der Waals surface area contributed by atoms with E-state index in [4.69, 9.17) is 4.74 Å². The monoisotopic (exact) mass is 447 g/mol. The van der Waals surface area contributed by atoms with Gasteiger partial charge in [0.15, 0.2) is 0 Å². The first kappa shape index (κ1) is 40.8. The summed E-state index contributed by atoms with van der Waals surface area (Å²) < 4.78 is 5.20.